The van der Waals surface area contributed by atoms with Crippen LogP contribution < -0.4 is 10.5 Å². The molecule has 0 spiro atoms. The van der Waals surface area contributed by atoms with E-state index in [1.165, 1.54) is 36.8 Å². The summed E-state index contributed by atoms with van der Waals surface area (Å²) in [4.78, 5) is 0. The molecule has 100 valence electrons. The average Bonchev–Trinajstić information content (AvgIpc) is 2.36. The van der Waals surface area contributed by atoms with Crippen molar-refractivity contribution in [2.75, 3.05) is 6.54 Å². The van der Waals surface area contributed by atoms with Gasteiger partial charge in [0.05, 0.1) is 6.10 Å². The molecule has 2 heteroatoms. The van der Waals surface area contributed by atoms with E-state index >= 15 is 0 Å². The molecule has 18 heavy (non-hydrogen) atoms. The summed E-state index contributed by atoms with van der Waals surface area (Å²) in [5.74, 6) is 1.91. The molecular formula is C16H25NO. The fourth-order valence-corrected chi connectivity index (χ4v) is 2.70. The van der Waals surface area contributed by atoms with E-state index in [9.17, 15) is 0 Å². The normalized spacial score (nSPS) is 23.9. The summed E-state index contributed by atoms with van der Waals surface area (Å²) in [5.41, 5.74) is 8.22. The van der Waals surface area contributed by atoms with Gasteiger partial charge in [0.25, 0.3) is 0 Å². The fourth-order valence-electron chi connectivity index (χ4n) is 2.70. The van der Waals surface area contributed by atoms with E-state index in [2.05, 4.69) is 32.0 Å². The Balaban J connectivity index is 2.03. The highest BCUT2D eigenvalue weighted by molar-refractivity contribution is 5.37. The zero-order valence-corrected chi connectivity index (χ0v) is 11.6. The molecule has 2 nitrogen and oxygen atoms in total. The van der Waals surface area contributed by atoms with Gasteiger partial charge in [-0.15, -0.1) is 0 Å². The first-order valence-electron chi connectivity index (χ1n) is 7.15. The monoisotopic (exact) mass is 247 g/mol. The number of hydrogen-bond donors (Lipinski definition) is 1. The Hall–Kier alpha value is -1.02. The van der Waals surface area contributed by atoms with E-state index in [-0.39, 0.29) is 0 Å². The molecule has 0 radical (unpaired) electrons. The van der Waals surface area contributed by atoms with Crippen molar-refractivity contribution in [3.05, 3.63) is 29.3 Å². The summed E-state index contributed by atoms with van der Waals surface area (Å²) in [7, 11) is 0. The van der Waals surface area contributed by atoms with Crippen molar-refractivity contribution in [2.24, 2.45) is 11.7 Å². The number of aryl methyl sites for hydroxylation is 1. The Kier molecular flexibility index (Phi) is 4.65. The van der Waals surface area contributed by atoms with Crippen molar-refractivity contribution < 1.29 is 4.74 Å². The maximum absolute atomic E-state index is 6.19. The molecule has 1 aliphatic carbocycles. The van der Waals surface area contributed by atoms with Gasteiger partial charge in [-0.1, -0.05) is 24.6 Å². The van der Waals surface area contributed by atoms with E-state index in [0.29, 0.717) is 12.6 Å². The van der Waals surface area contributed by atoms with Crippen molar-refractivity contribution in [2.45, 2.75) is 52.1 Å². The minimum absolute atomic E-state index is 0.403. The van der Waals surface area contributed by atoms with Gasteiger partial charge in [0.2, 0.25) is 0 Å². The SMILES string of the molecule is Cc1ccc(OC2CCC(C)CC2)c(CCN)c1. The van der Waals surface area contributed by atoms with Gasteiger partial charge < -0.3 is 10.5 Å². The molecule has 0 bridgehead atoms. The van der Waals surface area contributed by atoms with Crippen molar-refractivity contribution in [1.29, 1.82) is 0 Å². The molecule has 1 fully saturated rings. The van der Waals surface area contributed by atoms with Gasteiger partial charge in [0.1, 0.15) is 5.75 Å². The van der Waals surface area contributed by atoms with Crippen LogP contribution in [-0.4, -0.2) is 12.6 Å². The van der Waals surface area contributed by atoms with Crippen LogP contribution in [0.5, 0.6) is 5.75 Å². The van der Waals surface area contributed by atoms with E-state index in [1.807, 2.05) is 0 Å². The van der Waals surface area contributed by atoms with Crippen LogP contribution in [-0.2, 0) is 6.42 Å². The van der Waals surface area contributed by atoms with Gasteiger partial charge in [-0.25, -0.2) is 0 Å². The summed E-state index contributed by atoms with van der Waals surface area (Å²) in [6.45, 7) is 5.13. The first-order chi connectivity index (χ1) is 8.69. The molecule has 1 aliphatic rings. The third kappa shape index (κ3) is 3.49. The molecule has 0 aliphatic heterocycles. The predicted molar refractivity (Wildman–Crippen MR) is 76.0 cm³/mol. The Labute approximate surface area is 111 Å². The van der Waals surface area contributed by atoms with Gasteiger partial charge in [-0.3, -0.25) is 0 Å². The second-order valence-corrected chi connectivity index (χ2v) is 5.65. The highest BCUT2D eigenvalue weighted by atomic mass is 16.5. The first kappa shape index (κ1) is 13.4. The smallest absolute Gasteiger partial charge is 0.122 e. The molecule has 0 amide bonds. The van der Waals surface area contributed by atoms with E-state index in [1.54, 1.807) is 0 Å². The van der Waals surface area contributed by atoms with Crippen molar-refractivity contribution in [3.63, 3.8) is 0 Å². The third-order valence-electron chi connectivity index (χ3n) is 3.89. The Morgan fingerprint density at radius 2 is 1.94 bits per heavy atom. The van der Waals surface area contributed by atoms with Crippen molar-refractivity contribution in [3.8, 4) is 5.75 Å². The van der Waals surface area contributed by atoms with Crippen LogP contribution >= 0.6 is 0 Å². The zero-order valence-electron chi connectivity index (χ0n) is 11.6. The number of ether oxygens (including phenoxy) is 1. The fraction of sp³-hybridized carbons (Fsp3) is 0.625. The summed E-state index contributed by atoms with van der Waals surface area (Å²) in [6, 6.07) is 6.44. The Morgan fingerprint density at radius 1 is 1.22 bits per heavy atom. The quantitative estimate of drug-likeness (QED) is 0.884. The second-order valence-electron chi connectivity index (χ2n) is 5.65. The van der Waals surface area contributed by atoms with Crippen molar-refractivity contribution >= 4 is 0 Å². The maximum atomic E-state index is 6.19. The molecule has 0 heterocycles. The molecular weight excluding hydrogens is 222 g/mol. The average molecular weight is 247 g/mol. The number of hydrogen-bond acceptors (Lipinski definition) is 2. The summed E-state index contributed by atoms with van der Waals surface area (Å²) >= 11 is 0. The molecule has 0 atom stereocenters. The van der Waals surface area contributed by atoms with Crippen molar-refractivity contribution in [1.82, 2.24) is 0 Å². The Bertz CT molecular complexity index is 381. The second kappa shape index (κ2) is 6.24. The lowest BCUT2D eigenvalue weighted by Gasteiger charge is -2.27. The zero-order chi connectivity index (χ0) is 13.0. The number of nitrogens with two attached hydrogens (primary N) is 1. The minimum atomic E-state index is 0.403. The van der Waals surface area contributed by atoms with Gasteiger partial charge in [-0.05, 0) is 63.1 Å². The number of benzene rings is 1. The summed E-state index contributed by atoms with van der Waals surface area (Å²) in [5, 5.41) is 0. The maximum Gasteiger partial charge on any atom is 0.122 e. The largest absolute Gasteiger partial charge is 0.490 e. The van der Waals surface area contributed by atoms with E-state index < -0.39 is 0 Å². The molecule has 1 saturated carbocycles. The van der Waals surface area contributed by atoms with Crippen LogP contribution in [0.4, 0.5) is 0 Å². The van der Waals surface area contributed by atoms with Crippen LogP contribution in [0.2, 0.25) is 0 Å². The van der Waals surface area contributed by atoms with Crippen LogP contribution in [0, 0.1) is 12.8 Å². The summed E-state index contributed by atoms with van der Waals surface area (Å²) < 4.78 is 6.19. The van der Waals surface area contributed by atoms with Gasteiger partial charge in [0.15, 0.2) is 0 Å². The molecule has 2 N–H and O–H groups in total. The van der Waals surface area contributed by atoms with Gasteiger partial charge in [-0.2, -0.15) is 0 Å². The third-order valence-corrected chi connectivity index (χ3v) is 3.89. The molecule has 0 aromatic heterocycles. The van der Waals surface area contributed by atoms with E-state index in [0.717, 1.165) is 18.1 Å². The lowest BCUT2D eigenvalue weighted by Crippen LogP contribution is -2.23. The van der Waals surface area contributed by atoms with Crippen LogP contribution in [0.3, 0.4) is 0 Å². The highest BCUT2D eigenvalue weighted by Crippen LogP contribution is 2.29. The molecule has 0 unspecified atom stereocenters. The lowest BCUT2D eigenvalue weighted by atomic mass is 9.89. The van der Waals surface area contributed by atoms with Gasteiger partial charge >= 0.3 is 0 Å². The molecule has 2 rings (SSSR count). The van der Waals surface area contributed by atoms with Crippen LogP contribution in [0.1, 0.15) is 43.7 Å². The lowest BCUT2D eigenvalue weighted by molar-refractivity contribution is 0.134. The number of rotatable bonds is 4. The molecule has 0 saturated heterocycles. The standard InChI is InChI=1S/C16H25NO/c1-12-3-6-15(7-4-12)18-16-8-5-13(2)11-14(16)9-10-17/h5,8,11-12,15H,3-4,6-7,9-10,17H2,1-2H3. The highest BCUT2D eigenvalue weighted by Gasteiger charge is 2.20. The Morgan fingerprint density at radius 3 is 2.61 bits per heavy atom. The predicted octanol–water partition coefficient (Wildman–Crippen LogP) is 3.45. The summed E-state index contributed by atoms with van der Waals surface area (Å²) in [6.07, 6.45) is 6.28. The molecule has 1 aromatic carbocycles. The molecule has 1 aromatic rings. The van der Waals surface area contributed by atoms with E-state index in [4.69, 9.17) is 10.5 Å². The van der Waals surface area contributed by atoms with Gasteiger partial charge in [0, 0.05) is 0 Å². The first-order valence-corrected chi connectivity index (χ1v) is 7.15. The minimum Gasteiger partial charge on any atom is -0.490 e. The topological polar surface area (TPSA) is 35.2 Å². The van der Waals surface area contributed by atoms with Crippen LogP contribution in [0.25, 0.3) is 0 Å². The van der Waals surface area contributed by atoms with Crippen LogP contribution in [0.15, 0.2) is 18.2 Å².